The number of benzene rings is 1. The van der Waals surface area contributed by atoms with Crippen LogP contribution in [0.2, 0.25) is 5.02 Å². The maximum absolute atomic E-state index is 13.7. The Hall–Kier alpha value is -1.18. The molecule has 1 aromatic heterocycles. The van der Waals surface area contributed by atoms with Gasteiger partial charge in [-0.25, -0.2) is 14.4 Å². The van der Waals surface area contributed by atoms with E-state index in [1.165, 1.54) is 30.1 Å². The molecular formula is C12H8BrClFN3OS. The van der Waals surface area contributed by atoms with Crippen molar-refractivity contribution in [1.82, 2.24) is 9.97 Å². The molecule has 0 radical (unpaired) electrons. The molecule has 104 valence electrons. The van der Waals surface area contributed by atoms with Gasteiger partial charge in [-0.2, -0.15) is 0 Å². The molecule has 0 saturated heterocycles. The average molecular weight is 377 g/mol. The molecular weight excluding hydrogens is 369 g/mol. The Kier molecular flexibility index (Phi) is 4.95. The number of nitrogens with zero attached hydrogens (tertiary/aromatic N) is 2. The molecule has 1 aromatic carbocycles. The Bertz CT molecular complexity index is 671. The Morgan fingerprint density at radius 3 is 2.90 bits per heavy atom. The smallest absolute Gasteiger partial charge is 0.276 e. The molecule has 0 spiro atoms. The van der Waals surface area contributed by atoms with Crippen LogP contribution in [0, 0.1) is 5.82 Å². The minimum absolute atomic E-state index is 0.00772. The second-order valence-corrected chi connectivity index (χ2v) is 5.73. The molecule has 4 nitrogen and oxygen atoms in total. The van der Waals surface area contributed by atoms with Crippen molar-refractivity contribution in [3.05, 3.63) is 45.4 Å². The van der Waals surface area contributed by atoms with Crippen molar-refractivity contribution in [2.75, 3.05) is 11.6 Å². The maximum Gasteiger partial charge on any atom is 0.276 e. The van der Waals surface area contributed by atoms with Gasteiger partial charge in [-0.1, -0.05) is 39.3 Å². The molecule has 1 heterocycles. The topological polar surface area (TPSA) is 54.9 Å². The summed E-state index contributed by atoms with van der Waals surface area (Å²) in [5.41, 5.74) is 0.0620. The Labute approximate surface area is 132 Å². The van der Waals surface area contributed by atoms with Gasteiger partial charge < -0.3 is 5.32 Å². The van der Waals surface area contributed by atoms with Gasteiger partial charge >= 0.3 is 0 Å². The van der Waals surface area contributed by atoms with Crippen LogP contribution < -0.4 is 5.32 Å². The van der Waals surface area contributed by atoms with Gasteiger partial charge in [0, 0.05) is 4.47 Å². The fourth-order valence-corrected chi connectivity index (χ4v) is 2.23. The van der Waals surface area contributed by atoms with Crippen LogP contribution >= 0.6 is 39.3 Å². The zero-order valence-electron chi connectivity index (χ0n) is 10.2. The molecule has 1 amide bonds. The summed E-state index contributed by atoms with van der Waals surface area (Å²) in [6.07, 6.45) is 3.12. The van der Waals surface area contributed by atoms with Crippen LogP contribution in [0.1, 0.15) is 10.5 Å². The third-order valence-electron chi connectivity index (χ3n) is 2.30. The van der Waals surface area contributed by atoms with E-state index in [4.69, 9.17) is 11.6 Å². The maximum atomic E-state index is 13.7. The zero-order valence-corrected chi connectivity index (χ0v) is 13.3. The summed E-state index contributed by atoms with van der Waals surface area (Å²) >= 11 is 10.3. The summed E-state index contributed by atoms with van der Waals surface area (Å²) < 4.78 is 14.2. The number of thioether (sulfide) groups is 1. The van der Waals surface area contributed by atoms with Crippen LogP contribution in [0.25, 0.3) is 0 Å². The van der Waals surface area contributed by atoms with Gasteiger partial charge in [-0.15, -0.1) is 0 Å². The molecule has 0 aliphatic rings. The first-order valence-electron chi connectivity index (χ1n) is 5.34. The number of amides is 1. The monoisotopic (exact) mass is 375 g/mol. The normalized spacial score (nSPS) is 10.4. The molecule has 0 unspecified atom stereocenters. The van der Waals surface area contributed by atoms with Gasteiger partial charge in [0.1, 0.15) is 5.82 Å². The molecule has 0 atom stereocenters. The first-order chi connectivity index (χ1) is 9.51. The third kappa shape index (κ3) is 3.47. The van der Waals surface area contributed by atoms with Gasteiger partial charge in [0.15, 0.2) is 10.9 Å². The summed E-state index contributed by atoms with van der Waals surface area (Å²) in [5.74, 6) is -1.14. The Morgan fingerprint density at radius 2 is 2.25 bits per heavy atom. The SMILES string of the molecule is CSc1ncc(Cl)c(C(=O)Nc2ccc(Br)cc2F)n1. The van der Waals surface area contributed by atoms with E-state index in [0.29, 0.717) is 9.63 Å². The number of nitrogens with one attached hydrogen (secondary N) is 1. The van der Waals surface area contributed by atoms with E-state index in [-0.39, 0.29) is 16.4 Å². The second-order valence-electron chi connectivity index (χ2n) is 3.63. The van der Waals surface area contributed by atoms with Gasteiger partial charge in [0.05, 0.1) is 16.9 Å². The number of hydrogen-bond acceptors (Lipinski definition) is 4. The second kappa shape index (κ2) is 6.51. The Morgan fingerprint density at radius 1 is 1.50 bits per heavy atom. The van der Waals surface area contributed by atoms with Crippen molar-refractivity contribution in [3.63, 3.8) is 0 Å². The van der Waals surface area contributed by atoms with Gasteiger partial charge in [0.25, 0.3) is 5.91 Å². The molecule has 0 aliphatic heterocycles. The lowest BCUT2D eigenvalue weighted by atomic mass is 10.3. The van der Waals surface area contributed by atoms with Crippen molar-refractivity contribution < 1.29 is 9.18 Å². The summed E-state index contributed by atoms with van der Waals surface area (Å²) in [6, 6.07) is 4.32. The molecule has 0 saturated carbocycles. The Balaban J connectivity index is 2.28. The molecule has 0 aliphatic carbocycles. The predicted octanol–water partition coefficient (Wildman–Crippen LogP) is 4.01. The number of halogens is 3. The number of anilines is 1. The van der Waals surface area contributed by atoms with Crippen LogP contribution in [0.15, 0.2) is 34.0 Å². The minimum Gasteiger partial charge on any atom is -0.318 e. The lowest BCUT2D eigenvalue weighted by molar-refractivity contribution is 0.102. The van der Waals surface area contributed by atoms with Gasteiger partial charge in [-0.3, -0.25) is 4.79 Å². The highest BCUT2D eigenvalue weighted by Gasteiger charge is 2.16. The summed E-state index contributed by atoms with van der Waals surface area (Å²) in [6.45, 7) is 0. The van der Waals surface area contributed by atoms with Crippen molar-refractivity contribution in [2.24, 2.45) is 0 Å². The van der Waals surface area contributed by atoms with E-state index in [2.05, 4.69) is 31.2 Å². The van der Waals surface area contributed by atoms with Crippen molar-refractivity contribution in [3.8, 4) is 0 Å². The lowest BCUT2D eigenvalue weighted by Crippen LogP contribution is -2.16. The van der Waals surface area contributed by atoms with E-state index >= 15 is 0 Å². The molecule has 0 fully saturated rings. The van der Waals surface area contributed by atoms with Crippen LogP contribution in [-0.2, 0) is 0 Å². The molecule has 1 N–H and O–H groups in total. The van der Waals surface area contributed by atoms with Crippen LogP contribution in [0.3, 0.4) is 0 Å². The third-order valence-corrected chi connectivity index (χ3v) is 3.63. The van der Waals surface area contributed by atoms with Gasteiger partial charge in [0.2, 0.25) is 0 Å². The highest BCUT2D eigenvalue weighted by Crippen LogP contribution is 2.22. The molecule has 0 bridgehead atoms. The fourth-order valence-electron chi connectivity index (χ4n) is 1.38. The van der Waals surface area contributed by atoms with E-state index in [1.807, 2.05) is 0 Å². The summed E-state index contributed by atoms with van der Waals surface area (Å²) in [4.78, 5) is 20.0. The van der Waals surface area contributed by atoms with E-state index < -0.39 is 11.7 Å². The molecule has 8 heteroatoms. The summed E-state index contributed by atoms with van der Waals surface area (Å²) in [7, 11) is 0. The first-order valence-corrected chi connectivity index (χ1v) is 7.73. The van der Waals surface area contributed by atoms with Crippen molar-refractivity contribution in [2.45, 2.75) is 5.16 Å². The van der Waals surface area contributed by atoms with Gasteiger partial charge in [-0.05, 0) is 24.5 Å². The number of hydrogen-bond donors (Lipinski definition) is 1. The number of rotatable bonds is 3. The van der Waals surface area contributed by atoms with Crippen molar-refractivity contribution in [1.29, 1.82) is 0 Å². The number of carbonyl (C=O) groups excluding carboxylic acids is 1. The quantitative estimate of drug-likeness (QED) is 0.650. The van der Waals surface area contributed by atoms with Crippen LogP contribution in [0.4, 0.5) is 10.1 Å². The van der Waals surface area contributed by atoms with E-state index in [0.717, 1.165) is 0 Å². The largest absolute Gasteiger partial charge is 0.318 e. The highest BCUT2D eigenvalue weighted by molar-refractivity contribution is 9.10. The zero-order chi connectivity index (χ0) is 14.7. The lowest BCUT2D eigenvalue weighted by Gasteiger charge is -2.08. The van der Waals surface area contributed by atoms with E-state index in [9.17, 15) is 9.18 Å². The summed E-state index contributed by atoms with van der Waals surface area (Å²) in [5, 5.41) is 2.95. The van der Waals surface area contributed by atoms with Crippen molar-refractivity contribution >= 4 is 50.9 Å². The molecule has 20 heavy (non-hydrogen) atoms. The average Bonchev–Trinajstić information content (AvgIpc) is 2.42. The molecule has 2 aromatic rings. The van der Waals surface area contributed by atoms with E-state index in [1.54, 1.807) is 12.3 Å². The number of carbonyl (C=O) groups is 1. The van der Waals surface area contributed by atoms with Crippen LogP contribution in [0.5, 0.6) is 0 Å². The minimum atomic E-state index is -0.589. The van der Waals surface area contributed by atoms with Crippen LogP contribution in [-0.4, -0.2) is 22.1 Å². The standard InChI is InChI=1S/C12H8BrClFN3OS/c1-20-12-16-5-7(14)10(18-12)11(19)17-9-3-2-6(13)4-8(9)15/h2-5H,1H3,(H,17,19). The molecule has 2 rings (SSSR count). The fraction of sp³-hybridized carbons (Fsp3) is 0.0833. The highest BCUT2D eigenvalue weighted by atomic mass is 79.9. The predicted molar refractivity (Wildman–Crippen MR) is 80.9 cm³/mol. The first kappa shape index (κ1) is 15.2. The number of aromatic nitrogens is 2.